The summed E-state index contributed by atoms with van der Waals surface area (Å²) in [6.45, 7) is 7.72. The maximum absolute atomic E-state index is 6.56. The van der Waals surface area contributed by atoms with Crippen molar-refractivity contribution in [2.75, 3.05) is 6.54 Å². The largest absolute Gasteiger partial charge is 0.321 e. The SMILES string of the molecule is CCC1CCC(C)N1CC(C)(N)c1ccccc1. The number of hydrogen-bond acceptors (Lipinski definition) is 2. The van der Waals surface area contributed by atoms with E-state index in [0.29, 0.717) is 12.1 Å². The Kier molecular flexibility index (Phi) is 4.08. The Hall–Kier alpha value is -0.860. The Morgan fingerprint density at radius 3 is 2.56 bits per heavy atom. The van der Waals surface area contributed by atoms with Crippen molar-refractivity contribution in [3.63, 3.8) is 0 Å². The second-order valence-electron chi connectivity index (χ2n) is 5.94. The van der Waals surface area contributed by atoms with Crippen molar-refractivity contribution in [3.05, 3.63) is 35.9 Å². The Bertz CT molecular complexity index is 372. The van der Waals surface area contributed by atoms with Crippen LogP contribution in [0.5, 0.6) is 0 Å². The first-order chi connectivity index (χ1) is 8.54. The molecule has 1 fully saturated rings. The molecule has 1 aromatic rings. The van der Waals surface area contributed by atoms with Crippen LogP contribution >= 0.6 is 0 Å². The van der Waals surface area contributed by atoms with Crippen LogP contribution < -0.4 is 5.73 Å². The predicted octanol–water partition coefficient (Wildman–Crippen LogP) is 3.12. The van der Waals surface area contributed by atoms with Gasteiger partial charge in [-0.05, 0) is 38.7 Å². The molecular formula is C16H26N2. The molecule has 3 atom stereocenters. The summed E-state index contributed by atoms with van der Waals surface area (Å²) in [4.78, 5) is 2.60. The lowest BCUT2D eigenvalue weighted by Crippen LogP contribution is -2.49. The summed E-state index contributed by atoms with van der Waals surface area (Å²) in [6.07, 6.45) is 3.86. The lowest BCUT2D eigenvalue weighted by Gasteiger charge is -2.36. The monoisotopic (exact) mass is 246 g/mol. The lowest BCUT2D eigenvalue weighted by molar-refractivity contribution is 0.157. The van der Waals surface area contributed by atoms with Crippen LogP contribution in [0, 0.1) is 0 Å². The van der Waals surface area contributed by atoms with Crippen molar-refractivity contribution >= 4 is 0 Å². The molecule has 1 aromatic carbocycles. The molecule has 3 unspecified atom stereocenters. The predicted molar refractivity (Wildman–Crippen MR) is 77.5 cm³/mol. The molecule has 0 bridgehead atoms. The van der Waals surface area contributed by atoms with Crippen molar-refractivity contribution < 1.29 is 0 Å². The summed E-state index contributed by atoms with van der Waals surface area (Å²) in [5.41, 5.74) is 7.53. The summed E-state index contributed by atoms with van der Waals surface area (Å²) in [7, 11) is 0. The summed E-state index contributed by atoms with van der Waals surface area (Å²) in [6, 6.07) is 11.9. The van der Waals surface area contributed by atoms with Crippen LogP contribution in [0.1, 0.15) is 45.6 Å². The van der Waals surface area contributed by atoms with Gasteiger partial charge in [-0.1, -0.05) is 37.3 Å². The number of benzene rings is 1. The van der Waals surface area contributed by atoms with E-state index in [1.165, 1.54) is 24.8 Å². The van der Waals surface area contributed by atoms with Gasteiger partial charge in [0.05, 0.1) is 5.54 Å². The number of nitrogens with zero attached hydrogens (tertiary/aromatic N) is 1. The summed E-state index contributed by atoms with van der Waals surface area (Å²) >= 11 is 0. The molecule has 2 heteroatoms. The van der Waals surface area contributed by atoms with Crippen molar-refractivity contribution in [2.24, 2.45) is 5.73 Å². The Labute approximate surface area is 111 Å². The molecule has 0 amide bonds. The van der Waals surface area contributed by atoms with E-state index in [1.807, 2.05) is 6.07 Å². The normalized spacial score (nSPS) is 28.2. The molecule has 0 spiro atoms. The first kappa shape index (κ1) is 13.6. The standard InChI is InChI=1S/C16H26N2/c1-4-15-11-10-13(2)18(15)12-16(3,17)14-8-6-5-7-9-14/h5-9,13,15H,4,10-12,17H2,1-3H3. The summed E-state index contributed by atoms with van der Waals surface area (Å²) < 4.78 is 0. The first-order valence-electron chi connectivity index (χ1n) is 7.14. The highest BCUT2D eigenvalue weighted by Gasteiger charge is 2.34. The van der Waals surface area contributed by atoms with E-state index < -0.39 is 0 Å². The highest BCUT2D eigenvalue weighted by atomic mass is 15.2. The van der Waals surface area contributed by atoms with Crippen molar-refractivity contribution in [1.29, 1.82) is 0 Å². The van der Waals surface area contributed by atoms with Gasteiger partial charge in [0.2, 0.25) is 0 Å². The topological polar surface area (TPSA) is 29.3 Å². The van der Waals surface area contributed by atoms with Gasteiger partial charge in [-0.3, -0.25) is 4.90 Å². The molecule has 0 aliphatic carbocycles. The zero-order valence-electron chi connectivity index (χ0n) is 11.9. The average Bonchev–Trinajstić information content (AvgIpc) is 2.71. The average molecular weight is 246 g/mol. The molecule has 0 aromatic heterocycles. The third-order valence-electron chi connectivity index (χ3n) is 4.37. The highest BCUT2D eigenvalue weighted by Crippen LogP contribution is 2.29. The fourth-order valence-corrected chi connectivity index (χ4v) is 3.14. The van der Waals surface area contributed by atoms with Gasteiger partial charge in [0, 0.05) is 18.6 Å². The summed E-state index contributed by atoms with van der Waals surface area (Å²) in [5.74, 6) is 0. The number of nitrogens with two attached hydrogens (primary N) is 1. The van der Waals surface area contributed by atoms with Gasteiger partial charge in [-0.25, -0.2) is 0 Å². The second kappa shape index (κ2) is 5.41. The molecule has 0 radical (unpaired) electrons. The van der Waals surface area contributed by atoms with E-state index in [1.54, 1.807) is 0 Å². The number of likely N-dealkylation sites (tertiary alicyclic amines) is 1. The zero-order chi connectivity index (χ0) is 13.2. The Morgan fingerprint density at radius 2 is 1.94 bits per heavy atom. The molecule has 1 aliphatic heterocycles. The molecule has 2 rings (SSSR count). The molecule has 0 saturated carbocycles. The molecule has 100 valence electrons. The van der Waals surface area contributed by atoms with Gasteiger partial charge in [-0.15, -0.1) is 0 Å². The van der Waals surface area contributed by atoms with Gasteiger partial charge in [0.1, 0.15) is 0 Å². The van der Waals surface area contributed by atoms with Crippen LogP contribution in [0.3, 0.4) is 0 Å². The fourth-order valence-electron chi connectivity index (χ4n) is 3.14. The van der Waals surface area contributed by atoms with E-state index in [0.717, 1.165) is 6.54 Å². The van der Waals surface area contributed by atoms with E-state index in [4.69, 9.17) is 5.73 Å². The lowest BCUT2D eigenvalue weighted by atomic mass is 9.92. The van der Waals surface area contributed by atoms with Crippen molar-refractivity contribution in [2.45, 2.75) is 57.7 Å². The van der Waals surface area contributed by atoms with Crippen LogP contribution in [-0.4, -0.2) is 23.5 Å². The minimum atomic E-state index is -0.257. The number of hydrogen-bond donors (Lipinski definition) is 1. The van der Waals surface area contributed by atoms with E-state index in [2.05, 4.69) is 49.9 Å². The first-order valence-corrected chi connectivity index (χ1v) is 7.14. The van der Waals surface area contributed by atoms with Crippen LogP contribution in [-0.2, 0) is 5.54 Å². The quantitative estimate of drug-likeness (QED) is 0.884. The minimum absolute atomic E-state index is 0.257. The molecular weight excluding hydrogens is 220 g/mol. The maximum atomic E-state index is 6.56. The van der Waals surface area contributed by atoms with Gasteiger partial charge >= 0.3 is 0 Å². The van der Waals surface area contributed by atoms with E-state index >= 15 is 0 Å². The van der Waals surface area contributed by atoms with Gasteiger partial charge in [-0.2, -0.15) is 0 Å². The molecule has 1 saturated heterocycles. The van der Waals surface area contributed by atoms with Gasteiger partial charge in [0.25, 0.3) is 0 Å². The van der Waals surface area contributed by atoms with Gasteiger partial charge in [0.15, 0.2) is 0 Å². The zero-order valence-corrected chi connectivity index (χ0v) is 11.9. The Morgan fingerprint density at radius 1 is 1.28 bits per heavy atom. The van der Waals surface area contributed by atoms with Crippen molar-refractivity contribution in [3.8, 4) is 0 Å². The molecule has 2 nitrogen and oxygen atoms in total. The maximum Gasteiger partial charge on any atom is 0.0510 e. The van der Waals surface area contributed by atoms with E-state index in [9.17, 15) is 0 Å². The van der Waals surface area contributed by atoms with Crippen LogP contribution in [0.25, 0.3) is 0 Å². The van der Waals surface area contributed by atoms with Crippen LogP contribution in [0.2, 0.25) is 0 Å². The highest BCUT2D eigenvalue weighted by molar-refractivity contribution is 5.23. The van der Waals surface area contributed by atoms with E-state index in [-0.39, 0.29) is 5.54 Å². The van der Waals surface area contributed by atoms with Gasteiger partial charge < -0.3 is 5.73 Å². The van der Waals surface area contributed by atoms with Crippen LogP contribution in [0.15, 0.2) is 30.3 Å². The third-order valence-corrected chi connectivity index (χ3v) is 4.37. The van der Waals surface area contributed by atoms with Crippen LogP contribution in [0.4, 0.5) is 0 Å². The molecule has 18 heavy (non-hydrogen) atoms. The Balaban J connectivity index is 2.12. The number of rotatable bonds is 4. The molecule has 2 N–H and O–H groups in total. The third kappa shape index (κ3) is 2.76. The second-order valence-corrected chi connectivity index (χ2v) is 5.94. The smallest absolute Gasteiger partial charge is 0.0510 e. The summed E-state index contributed by atoms with van der Waals surface area (Å²) in [5, 5.41) is 0. The minimum Gasteiger partial charge on any atom is -0.321 e. The molecule has 1 heterocycles. The molecule has 1 aliphatic rings. The van der Waals surface area contributed by atoms with Crippen molar-refractivity contribution in [1.82, 2.24) is 4.90 Å². The fraction of sp³-hybridized carbons (Fsp3) is 0.625.